The lowest BCUT2D eigenvalue weighted by molar-refractivity contribution is -0.727. The predicted octanol–water partition coefficient (Wildman–Crippen LogP) is 2.90. The van der Waals surface area contributed by atoms with Crippen molar-refractivity contribution in [3.05, 3.63) is 43.4 Å². The van der Waals surface area contributed by atoms with Crippen LogP contribution in [0.25, 0.3) is 0 Å². The Kier molecular flexibility index (Phi) is 4.09. The van der Waals surface area contributed by atoms with Crippen LogP contribution in [0.1, 0.15) is 22.8 Å². The molecule has 0 aromatic heterocycles. The van der Waals surface area contributed by atoms with Gasteiger partial charge in [-0.3, -0.25) is 4.79 Å². The van der Waals surface area contributed by atoms with Crippen LogP contribution in [0.4, 0.5) is 0 Å². The SMILES string of the molecule is CCc1ccc(C(=O)O[N+](=O)[O-])c(Cl)c1Cl. The Morgan fingerprint density at radius 2 is 2.06 bits per heavy atom. The standard InChI is InChI=1S/C9H7Cl2NO4/c1-2-5-3-4-6(8(11)7(5)10)9(13)16-12(14)15/h3-4H,2H2,1H3. The normalized spacial score (nSPS) is 9.94. The van der Waals surface area contributed by atoms with Gasteiger partial charge in [-0.1, -0.05) is 36.2 Å². The third-order valence-corrected chi connectivity index (χ3v) is 2.84. The molecule has 1 aromatic carbocycles. The highest BCUT2D eigenvalue weighted by atomic mass is 35.5. The largest absolute Gasteiger partial charge is 0.335 e. The average Bonchev–Trinajstić information content (AvgIpc) is 2.20. The molecule has 0 bridgehead atoms. The van der Waals surface area contributed by atoms with Gasteiger partial charge in [0, 0.05) is 0 Å². The van der Waals surface area contributed by atoms with Gasteiger partial charge in [-0.2, -0.15) is 0 Å². The molecule has 0 heterocycles. The molecular weight excluding hydrogens is 257 g/mol. The van der Waals surface area contributed by atoms with Gasteiger partial charge in [-0.25, -0.2) is 4.84 Å². The smallest absolute Gasteiger partial charge is 0.262 e. The monoisotopic (exact) mass is 263 g/mol. The lowest BCUT2D eigenvalue weighted by Gasteiger charge is -2.07. The molecule has 0 fully saturated rings. The van der Waals surface area contributed by atoms with Crippen molar-refractivity contribution in [2.75, 3.05) is 0 Å². The molecule has 0 unspecified atom stereocenters. The zero-order valence-corrected chi connectivity index (χ0v) is 9.71. The molecule has 0 saturated heterocycles. The maximum absolute atomic E-state index is 11.2. The van der Waals surface area contributed by atoms with Crippen molar-refractivity contribution in [2.45, 2.75) is 13.3 Å². The van der Waals surface area contributed by atoms with Gasteiger partial charge < -0.3 is 0 Å². The van der Waals surface area contributed by atoms with E-state index >= 15 is 0 Å². The zero-order chi connectivity index (χ0) is 12.3. The van der Waals surface area contributed by atoms with Gasteiger partial charge in [0.05, 0.1) is 15.6 Å². The lowest BCUT2D eigenvalue weighted by atomic mass is 10.1. The van der Waals surface area contributed by atoms with E-state index in [0.717, 1.165) is 5.56 Å². The van der Waals surface area contributed by atoms with Crippen molar-refractivity contribution in [1.29, 1.82) is 0 Å². The van der Waals surface area contributed by atoms with Crippen LogP contribution in [0.3, 0.4) is 0 Å². The van der Waals surface area contributed by atoms with Gasteiger partial charge in [-0.15, -0.1) is 10.1 Å². The number of carbonyl (C=O) groups is 1. The van der Waals surface area contributed by atoms with Crippen molar-refractivity contribution < 1.29 is 14.7 Å². The minimum absolute atomic E-state index is 0.0344. The van der Waals surface area contributed by atoms with Crippen LogP contribution in [0.5, 0.6) is 0 Å². The highest BCUT2D eigenvalue weighted by molar-refractivity contribution is 6.44. The third-order valence-electron chi connectivity index (χ3n) is 1.92. The fraction of sp³-hybridized carbons (Fsp3) is 0.222. The number of hydrogen-bond acceptors (Lipinski definition) is 4. The summed E-state index contributed by atoms with van der Waals surface area (Å²) < 4.78 is 0. The van der Waals surface area contributed by atoms with E-state index in [9.17, 15) is 14.9 Å². The van der Waals surface area contributed by atoms with E-state index in [2.05, 4.69) is 4.84 Å². The number of benzene rings is 1. The third kappa shape index (κ3) is 2.62. The van der Waals surface area contributed by atoms with Crippen molar-refractivity contribution in [1.82, 2.24) is 0 Å². The molecule has 0 saturated carbocycles. The fourth-order valence-electron chi connectivity index (χ4n) is 1.14. The highest BCUT2D eigenvalue weighted by Crippen LogP contribution is 2.30. The van der Waals surface area contributed by atoms with Crippen molar-refractivity contribution >= 4 is 29.2 Å². The second-order valence-electron chi connectivity index (χ2n) is 2.86. The van der Waals surface area contributed by atoms with E-state index in [1.165, 1.54) is 6.07 Å². The molecule has 0 atom stereocenters. The Morgan fingerprint density at radius 1 is 1.44 bits per heavy atom. The first-order valence-electron chi connectivity index (χ1n) is 4.31. The molecule has 16 heavy (non-hydrogen) atoms. The molecular formula is C9H7Cl2NO4. The van der Waals surface area contributed by atoms with Crippen LogP contribution in [0.15, 0.2) is 12.1 Å². The Hall–Kier alpha value is -1.33. The summed E-state index contributed by atoms with van der Waals surface area (Å²) in [5, 5.41) is 8.97. The van der Waals surface area contributed by atoms with Gasteiger partial charge in [-0.05, 0) is 18.1 Å². The first kappa shape index (κ1) is 12.7. The topological polar surface area (TPSA) is 69.4 Å². The number of rotatable bonds is 3. The molecule has 0 aliphatic rings. The molecule has 1 aromatic rings. The van der Waals surface area contributed by atoms with Crippen LogP contribution >= 0.6 is 23.2 Å². The van der Waals surface area contributed by atoms with Crippen molar-refractivity contribution in [3.63, 3.8) is 0 Å². The molecule has 0 N–H and O–H groups in total. The number of carbonyl (C=O) groups excluding carboxylic acids is 1. The lowest BCUT2D eigenvalue weighted by Crippen LogP contribution is -2.11. The van der Waals surface area contributed by atoms with Crippen molar-refractivity contribution in [2.24, 2.45) is 0 Å². The predicted molar refractivity (Wildman–Crippen MR) is 58.2 cm³/mol. The van der Waals surface area contributed by atoms with Crippen molar-refractivity contribution in [3.8, 4) is 0 Å². The molecule has 0 aliphatic heterocycles. The van der Waals surface area contributed by atoms with Crippen LogP contribution in [-0.4, -0.2) is 11.1 Å². The average molecular weight is 264 g/mol. The Labute approximate surface area is 101 Å². The fourth-order valence-corrected chi connectivity index (χ4v) is 1.70. The maximum atomic E-state index is 11.2. The number of aryl methyl sites for hydroxylation is 1. The van der Waals surface area contributed by atoms with E-state index in [-0.39, 0.29) is 15.6 Å². The summed E-state index contributed by atoms with van der Waals surface area (Å²) in [6.07, 6.45) is 0.642. The van der Waals surface area contributed by atoms with E-state index in [0.29, 0.717) is 6.42 Å². The molecule has 1 rings (SSSR count). The number of hydrogen-bond donors (Lipinski definition) is 0. The summed E-state index contributed by atoms with van der Waals surface area (Å²) >= 11 is 11.7. The number of nitrogens with zero attached hydrogens (tertiary/aromatic N) is 1. The first-order valence-corrected chi connectivity index (χ1v) is 5.06. The van der Waals surface area contributed by atoms with E-state index in [4.69, 9.17) is 23.2 Å². The van der Waals surface area contributed by atoms with E-state index in [1.807, 2.05) is 6.92 Å². The Balaban J connectivity index is 3.12. The van der Waals surface area contributed by atoms with Gasteiger partial charge in [0.1, 0.15) is 0 Å². The molecule has 5 nitrogen and oxygen atoms in total. The summed E-state index contributed by atoms with van der Waals surface area (Å²) in [7, 11) is 0. The van der Waals surface area contributed by atoms with Gasteiger partial charge >= 0.3 is 11.1 Å². The van der Waals surface area contributed by atoms with Crippen LogP contribution in [0.2, 0.25) is 10.0 Å². The quantitative estimate of drug-likeness (QED) is 0.621. The minimum atomic E-state index is -1.19. The van der Waals surface area contributed by atoms with Gasteiger partial charge in [0.2, 0.25) is 0 Å². The van der Waals surface area contributed by atoms with Crippen LogP contribution in [0, 0.1) is 10.1 Å². The first-order chi connectivity index (χ1) is 7.47. The second-order valence-corrected chi connectivity index (χ2v) is 3.61. The van der Waals surface area contributed by atoms with Gasteiger partial charge in [0.25, 0.3) is 0 Å². The van der Waals surface area contributed by atoms with Gasteiger partial charge in [0.15, 0.2) is 0 Å². The minimum Gasteiger partial charge on any atom is -0.262 e. The molecule has 0 aliphatic carbocycles. The van der Waals surface area contributed by atoms with Crippen LogP contribution < -0.4 is 0 Å². The zero-order valence-electron chi connectivity index (χ0n) is 8.20. The Bertz CT molecular complexity index is 447. The molecule has 0 spiro atoms. The Morgan fingerprint density at radius 3 is 2.56 bits per heavy atom. The van der Waals surface area contributed by atoms with E-state index in [1.54, 1.807) is 6.07 Å². The summed E-state index contributed by atoms with van der Waals surface area (Å²) in [6.45, 7) is 1.87. The van der Waals surface area contributed by atoms with E-state index < -0.39 is 11.1 Å². The molecule has 7 heteroatoms. The number of halogens is 2. The molecule has 0 radical (unpaired) electrons. The molecule has 86 valence electrons. The second kappa shape index (κ2) is 5.14. The summed E-state index contributed by atoms with van der Waals surface area (Å²) in [5.74, 6) is -1.14. The summed E-state index contributed by atoms with van der Waals surface area (Å²) in [5.41, 5.74) is 0.630. The molecule has 0 amide bonds. The summed E-state index contributed by atoms with van der Waals surface area (Å²) in [4.78, 5) is 25.0. The summed E-state index contributed by atoms with van der Waals surface area (Å²) in [6, 6.07) is 2.92. The van der Waals surface area contributed by atoms with Crippen LogP contribution in [-0.2, 0) is 11.3 Å². The maximum Gasteiger partial charge on any atom is 0.335 e. The highest BCUT2D eigenvalue weighted by Gasteiger charge is 2.18.